The van der Waals surface area contributed by atoms with Gasteiger partial charge in [-0.25, -0.2) is 4.31 Å². The first-order valence-corrected chi connectivity index (χ1v) is 11.2. The molecule has 1 N–H and O–H groups in total. The molecule has 8 nitrogen and oxygen atoms in total. The number of anilines is 1. The van der Waals surface area contributed by atoms with E-state index in [4.69, 9.17) is 9.47 Å². The number of nitrogens with zero attached hydrogens (tertiary/aromatic N) is 2. The second-order valence-electron chi connectivity index (χ2n) is 7.49. The monoisotopic (exact) mass is 449 g/mol. The number of rotatable bonds is 9. The minimum Gasteiger partial charge on any atom is -0.493 e. The van der Waals surface area contributed by atoms with Gasteiger partial charge in [0.05, 0.1) is 25.9 Å². The number of carbonyl (C=O) groups excluding carboxylic acids is 1. The zero-order valence-corrected chi connectivity index (χ0v) is 19.9. The van der Waals surface area contributed by atoms with Crippen LogP contribution in [0.25, 0.3) is 0 Å². The van der Waals surface area contributed by atoms with E-state index in [1.54, 1.807) is 32.4 Å². The molecule has 170 valence electrons. The summed E-state index contributed by atoms with van der Waals surface area (Å²) < 4.78 is 38.8. The summed E-state index contributed by atoms with van der Waals surface area (Å²) >= 11 is 0. The molecular formula is C22H31N3O5S. The molecule has 0 aliphatic rings. The lowest BCUT2D eigenvalue weighted by atomic mass is 10.1. The maximum absolute atomic E-state index is 13.0. The van der Waals surface area contributed by atoms with E-state index in [-0.39, 0.29) is 12.6 Å². The molecule has 9 heteroatoms. The van der Waals surface area contributed by atoms with Crippen LogP contribution in [0.2, 0.25) is 0 Å². The molecule has 0 bridgehead atoms. The van der Waals surface area contributed by atoms with E-state index in [0.717, 1.165) is 25.3 Å². The Morgan fingerprint density at radius 2 is 1.68 bits per heavy atom. The summed E-state index contributed by atoms with van der Waals surface area (Å²) in [5.74, 6) is 0.713. The Morgan fingerprint density at radius 3 is 2.26 bits per heavy atom. The van der Waals surface area contributed by atoms with Gasteiger partial charge in [-0.05, 0) is 55.7 Å². The Balaban J connectivity index is 2.29. The molecule has 2 rings (SSSR count). The van der Waals surface area contributed by atoms with Crippen LogP contribution >= 0.6 is 0 Å². The lowest BCUT2D eigenvalue weighted by molar-refractivity contribution is -0.120. The summed E-state index contributed by atoms with van der Waals surface area (Å²) in [4.78, 5) is 12.9. The molecule has 2 aromatic carbocycles. The van der Waals surface area contributed by atoms with Crippen LogP contribution < -0.4 is 19.1 Å². The van der Waals surface area contributed by atoms with Crippen molar-refractivity contribution in [2.45, 2.75) is 26.8 Å². The normalized spacial score (nSPS) is 12.4. The molecule has 0 aliphatic carbocycles. The van der Waals surface area contributed by atoms with Gasteiger partial charge in [0, 0.05) is 14.1 Å². The number of aryl methyl sites for hydroxylation is 2. The van der Waals surface area contributed by atoms with Gasteiger partial charge in [0.2, 0.25) is 5.91 Å². The predicted octanol–water partition coefficient (Wildman–Crippen LogP) is 2.81. The van der Waals surface area contributed by atoms with Gasteiger partial charge in [0.25, 0.3) is 0 Å². The van der Waals surface area contributed by atoms with E-state index in [1.807, 2.05) is 39.0 Å². The second-order valence-corrected chi connectivity index (χ2v) is 9.56. The zero-order valence-electron chi connectivity index (χ0n) is 19.1. The second kappa shape index (κ2) is 10.0. The molecule has 1 atom stereocenters. The molecule has 0 fully saturated rings. The van der Waals surface area contributed by atoms with Crippen LogP contribution in [0, 0.1) is 13.8 Å². The van der Waals surface area contributed by atoms with E-state index in [0.29, 0.717) is 17.2 Å². The average Bonchev–Trinajstić information content (AvgIpc) is 2.72. The lowest BCUT2D eigenvalue weighted by Gasteiger charge is -2.29. The van der Waals surface area contributed by atoms with E-state index in [1.165, 1.54) is 14.1 Å². The highest BCUT2D eigenvalue weighted by atomic mass is 32.2. The fourth-order valence-electron chi connectivity index (χ4n) is 3.10. The van der Waals surface area contributed by atoms with Crippen molar-refractivity contribution in [3.63, 3.8) is 0 Å². The molecule has 0 saturated heterocycles. The predicted molar refractivity (Wildman–Crippen MR) is 122 cm³/mol. The molecule has 0 unspecified atom stereocenters. The van der Waals surface area contributed by atoms with Crippen LogP contribution in [-0.2, 0) is 15.0 Å². The molecule has 0 aromatic heterocycles. The molecule has 0 saturated carbocycles. The van der Waals surface area contributed by atoms with Gasteiger partial charge in [0.15, 0.2) is 11.5 Å². The smallest absolute Gasteiger partial charge is 0.304 e. The molecule has 0 heterocycles. The fourth-order valence-corrected chi connectivity index (χ4v) is 4.22. The number of carbonyl (C=O) groups is 1. The number of hydrogen-bond acceptors (Lipinski definition) is 5. The van der Waals surface area contributed by atoms with E-state index in [9.17, 15) is 13.2 Å². The Morgan fingerprint density at radius 1 is 1.03 bits per heavy atom. The van der Waals surface area contributed by atoms with Crippen molar-refractivity contribution in [3.8, 4) is 11.5 Å². The van der Waals surface area contributed by atoms with Crippen molar-refractivity contribution >= 4 is 21.8 Å². The maximum Gasteiger partial charge on any atom is 0.304 e. The first kappa shape index (κ1) is 24.5. The molecular weight excluding hydrogens is 418 g/mol. The Hall–Kier alpha value is -2.78. The van der Waals surface area contributed by atoms with Crippen LogP contribution in [0.4, 0.5) is 5.69 Å². The van der Waals surface area contributed by atoms with E-state index >= 15 is 0 Å². The number of nitrogens with one attached hydrogen (secondary N) is 1. The van der Waals surface area contributed by atoms with Gasteiger partial charge in [0.1, 0.15) is 6.54 Å². The van der Waals surface area contributed by atoms with Crippen molar-refractivity contribution in [3.05, 3.63) is 53.1 Å². The highest BCUT2D eigenvalue weighted by Crippen LogP contribution is 2.30. The quantitative estimate of drug-likeness (QED) is 0.636. The van der Waals surface area contributed by atoms with Crippen LogP contribution in [0.5, 0.6) is 11.5 Å². The van der Waals surface area contributed by atoms with Crippen molar-refractivity contribution in [2.75, 3.05) is 39.2 Å². The van der Waals surface area contributed by atoms with Crippen molar-refractivity contribution in [1.29, 1.82) is 0 Å². The summed E-state index contributed by atoms with van der Waals surface area (Å²) in [6.45, 7) is 5.17. The van der Waals surface area contributed by atoms with Gasteiger partial charge in [-0.15, -0.1) is 0 Å². The van der Waals surface area contributed by atoms with Gasteiger partial charge < -0.3 is 14.8 Å². The summed E-state index contributed by atoms with van der Waals surface area (Å²) in [5.41, 5.74) is 2.94. The van der Waals surface area contributed by atoms with Gasteiger partial charge in [-0.1, -0.05) is 18.2 Å². The third-order valence-corrected chi connectivity index (χ3v) is 6.75. The van der Waals surface area contributed by atoms with Crippen LogP contribution in [0.15, 0.2) is 36.4 Å². The molecule has 1 amide bonds. The highest BCUT2D eigenvalue weighted by Gasteiger charge is 2.29. The number of hydrogen-bond donors (Lipinski definition) is 1. The minimum absolute atomic E-state index is 0.345. The molecule has 31 heavy (non-hydrogen) atoms. The SMILES string of the molecule is COc1ccc([C@@H](C)NC(=O)CN(c2cc(C)ccc2C)S(=O)(=O)N(C)C)cc1OC. The summed E-state index contributed by atoms with van der Waals surface area (Å²) in [6, 6.07) is 10.5. The van der Waals surface area contributed by atoms with Gasteiger partial charge >= 0.3 is 10.2 Å². The van der Waals surface area contributed by atoms with Gasteiger partial charge in [-0.3, -0.25) is 4.79 Å². The maximum atomic E-state index is 13.0. The first-order chi connectivity index (χ1) is 14.5. The number of amides is 1. The fraction of sp³-hybridized carbons (Fsp3) is 0.409. The minimum atomic E-state index is -3.88. The van der Waals surface area contributed by atoms with Crippen molar-refractivity contribution < 1.29 is 22.7 Å². The van der Waals surface area contributed by atoms with E-state index < -0.39 is 16.1 Å². The van der Waals surface area contributed by atoms with E-state index in [2.05, 4.69) is 5.32 Å². The van der Waals surface area contributed by atoms with Gasteiger partial charge in [-0.2, -0.15) is 12.7 Å². The summed E-state index contributed by atoms with van der Waals surface area (Å²) in [7, 11) is 2.10. The number of methoxy groups -OCH3 is 2. The Labute approximate surface area is 184 Å². The highest BCUT2D eigenvalue weighted by molar-refractivity contribution is 7.90. The Kier molecular flexibility index (Phi) is 7.91. The average molecular weight is 450 g/mol. The third kappa shape index (κ3) is 5.68. The largest absolute Gasteiger partial charge is 0.493 e. The summed E-state index contributed by atoms with van der Waals surface area (Å²) in [5, 5.41) is 2.87. The molecule has 0 spiro atoms. The number of benzene rings is 2. The lowest BCUT2D eigenvalue weighted by Crippen LogP contribution is -2.46. The van der Waals surface area contributed by atoms with Crippen LogP contribution in [0.1, 0.15) is 29.7 Å². The number of ether oxygens (including phenoxy) is 2. The topological polar surface area (TPSA) is 88.2 Å². The zero-order chi connectivity index (χ0) is 23.3. The molecule has 0 aliphatic heterocycles. The van der Waals surface area contributed by atoms with Crippen molar-refractivity contribution in [1.82, 2.24) is 9.62 Å². The molecule has 2 aromatic rings. The van der Waals surface area contributed by atoms with Crippen molar-refractivity contribution in [2.24, 2.45) is 0 Å². The third-order valence-electron chi connectivity index (χ3n) is 4.95. The summed E-state index contributed by atoms with van der Waals surface area (Å²) in [6.07, 6.45) is 0. The standard InChI is InChI=1S/C22H31N3O5S/c1-15-8-9-16(2)19(12-15)25(31(27,28)24(4)5)14-22(26)23-17(3)18-10-11-20(29-6)21(13-18)30-7/h8-13,17H,14H2,1-7H3,(H,23,26)/t17-/m1/s1. The first-order valence-electron chi connectivity index (χ1n) is 9.80. The van der Waals surface area contributed by atoms with Crippen LogP contribution in [-0.4, -0.2) is 53.5 Å². The van der Waals surface area contributed by atoms with Crippen LogP contribution in [0.3, 0.4) is 0 Å². The molecule has 0 radical (unpaired) electrons. The Bertz CT molecular complexity index is 1040.